The molecule has 3 rings (SSSR count). The van der Waals surface area contributed by atoms with Gasteiger partial charge in [0.15, 0.2) is 11.5 Å². The van der Waals surface area contributed by atoms with Crippen LogP contribution in [0.1, 0.15) is 55.4 Å². The van der Waals surface area contributed by atoms with E-state index in [1.807, 2.05) is 26.0 Å². The van der Waals surface area contributed by atoms with Gasteiger partial charge in [-0.25, -0.2) is 0 Å². The van der Waals surface area contributed by atoms with E-state index in [2.05, 4.69) is 19.2 Å². The Morgan fingerprint density at radius 2 is 2.00 bits per heavy atom. The van der Waals surface area contributed by atoms with Crippen LogP contribution >= 0.6 is 11.8 Å². The summed E-state index contributed by atoms with van der Waals surface area (Å²) >= 11 is 1.64. The zero-order valence-corrected chi connectivity index (χ0v) is 17.6. The number of rotatable bonds is 6. The average Bonchev–Trinajstić information content (AvgIpc) is 3.03. The molecule has 148 valence electrons. The van der Waals surface area contributed by atoms with Crippen LogP contribution in [-0.2, 0) is 4.79 Å². The first kappa shape index (κ1) is 19.9. The third kappa shape index (κ3) is 3.26. The van der Waals surface area contributed by atoms with E-state index >= 15 is 0 Å². The Hall–Kier alpha value is -1.89. The van der Waals surface area contributed by atoms with Gasteiger partial charge < -0.3 is 19.7 Å². The minimum Gasteiger partial charge on any atom is -0.493 e. The van der Waals surface area contributed by atoms with Crippen LogP contribution in [0.2, 0.25) is 0 Å². The molecule has 6 nitrogen and oxygen atoms in total. The molecule has 0 aliphatic carbocycles. The Labute approximate surface area is 165 Å². The van der Waals surface area contributed by atoms with Crippen molar-refractivity contribution in [1.82, 2.24) is 10.2 Å². The van der Waals surface area contributed by atoms with Crippen LogP contribution in [0.15, 0.2) is 12.1 Å². The van der Waals surface area contributed by atoms with Crippen molar-refractivity contribution in [2.75, 3.05) is 20.8 Å². The maximum Gasteiger partial charge on any atom is 0.260 e. The molecule has 2 amide bonds. The van der Waals surface area contributed by atoms with Crippen molar-refractivity contribution in [1.29, 1.82) is 0 Å². The minimum absolute atomic E-state index is 0.0947. The number of carbonyl (C=O) groups is 2. The molecular formula is C20H28N2O4S. The molecule has 2 atom stereocenters. The van der Waals surface area contributed by atoms with E-state index in [4.69, 9.17) is 9.47 Å². The summed E-state index contributed by atoms with van der Waals surface area (Å²) in [6.45, 7) is 8.91. The summed E-state index contributed by atoms with van der Waals surface area (Å²) in [5, 5.41) is 2.83. The Morgan fingerprint density at radius 3 is 2.59 bits per heavy atom. The lowest BCUT2D eigenvalue weighted by molar-refractivity contribution is -0.126. The molecule has 1 aromatic carbocycles. The lowest BCUT2D eigenvalue weighted by atomic mass is 10.0. The fraction of sp³-hybridized carbons (Fsp3) is 0.600. The molecule has 0 saturated carbocycles. The van der Waals surface area contributed by atoms with Gasteiger partial charge in [-0.1, -0.05) is 19.9 Å². The van der Waals surface area contributed by atoms with Gasteiger partial charge in [0.25, 0.3) is 5.91 Å². The fourth-order valence-electron chi connectivity index (χ4n) is 3.84. The van der Waals surface area contributed by atoms with Crippen LogP contribution in [0.4, 0.5) is 0 Å². The Balaban J connectivity index is 1.94. The van der Waals surface area contributed by atoms with Crippen molar-refractivity contribution in [3.05, 3.63) is 23.3 Å². The van der Waals surface area contributed by atoms with Crippen LogP contribution in [0.25, 0.3) is 0 Å². The number of carbonyl (C=O) groups excluding carboxylic acids is 2. The van der Waals surface area contributed by atoms with E-state index in [9.17, 15) is 9.59 Å². The molecule has 1 fully saturated rings. The Morgan fingerprint density at radius 1 is 1.30 bits per heavy atom. The van der Waals surface area contributed by atoms with E-state index in [1.54, 1.807) is 23.8 Å². The number of hydrogen-bond acceptors (Lipinski definition) is 5. The molecule has 0 spiro atoms. The van der Waals surface area contributed by atoms with E-state index in [-0.39, 0.29) is 21.9 Å². The smallest absolute Gasteiger partial charge is 0.260 e. The second-order valence-corrected chi connectivity index (χ2v) is 9.66. The van der Waals surface area contributed by atoms with Crippen LogP contribution in [0.5, 0.6) is 11.5 Å². The highest BCUT2D eigenvalue weighted by Gasteiger charge is 2.58. The molecule has 7 heteroatoms. The van der Waals surface area contributed by atoms with Crippen LogP contribution in [-0.4, -0.2) is 48.3 Å². The van der Waals surface area contributed by atoms with Crippen molar-refractivity contribution in [3.8, 4) is 11.5 Å². The summed E-state index contributed by atoms with van der Waals surface area (Å²) in [4.78, 5) is 28.0. The fourth-order valence-corrected chi connectivity index (χ4v) is 5.42. The topological polar surface area (TPSA) is 67.9 Å². The van der Waals surface area contributed by atoms with Gasteiger partial charge in [-0.3, -0.25) is 9.59 Å². The quantitative estimate of drug-likeness (QED) is 0.805. The van der Waals surface area contributed by atoms with Gasteiger partial charge in [-0.15, -0.1) is 11.8 Å². The number of amides is 2. The number of hydrogen-bond donors (Lipinski definition) is 1. The number of ether oxygens (including phenoxy) is 2. The second-order valence-electron chi connectivity index (χ2n) is 7.93. The number of nitrogens with one attached hydrogen (secondary N) is 1. The molecule has 1 saturated heterocycles. The molecule has 0 aromatic heterocycles. The minimum atomic E-state index is -0.532. The van der Waals surface area contributed by atoms with E-state index < -0.39 is 6.04 Å². The van der Waals surface area contributed by atoms with Crippen molar-refractivity contribution < 1.29 is 19.1 Å². The molecule has 2 aliphatic heterocycles. The van der Waals surface area contributed by atoms with Gasteiger partial charge in [0.2, 0.25) is 5.91 Å². The standard InChI is InChI=1S/C20H28N2O4S/c1-11(2)9-10-21-17(23)16-20(3,4)27-19-12-7-8-13(25-5)15(26-6)14(12)18(24)22(16)19/h7-8,11,16,19H,9-10H2,1-6H3,(H,21,23)/t16-,19-/m1/s1. The highest BCUT2D eigenvalue weighted by molar-refractivity contribution is 8.01. The van der Waals surface area contributed by atoms with Gasteiger partial charge in [0, 0.05) is 16.9 Å². The number of nitrogens with zero attached hydrogens (tertiary/aromatic N) is 1. The van der Waals surface area contributed by atoms with Gasteiger partial charge in [-0.2, -0.15) is 0 Å². The summed E-state index contributed by atoms with van der Waals surface area (Å²) in [6.07, 6.45) is 0.911. The van der Waals surface area contributed by atoms with Crippen molar-refractivity contribution in [2.24, 2.45) is 5.92 Å². The van der Waals surface area contributed by atoms with E-state index in [0.29, 0.717) is 29.5 Å². The first-order chi connectivity index (χ1) is 12.7. The highest BCUT2D eigenvalue weighted by atomic mass is 32.2. The molecule has 27 heavy (non-hydrogen) atoms. The normalized spacial score (nSPS) is 22.6. The van der Waals surface area contributed by atoms with Gasteiger partial charge in [0.1, 0.15) is 11.4 Å². The monoisotopic (exact) mass is 392 g/mol. The molecule has 0 bridgehead atoms. The molecule has 2 aliphatic rings. The summed E-state index contributed by atoms with van der Waals surface area (Å²) in [6, 6.07) is 3.19. The lowest BCUT2D eigenvalue weighted by Crippen LogP contribution is -2.52. The summed E-state index contributed by atoms with van der Waals surface area (Å²) < 4.78 is 10.4. The van der Waals surface area contributed by atoms with Crippen molar-refractivity contribution >= 4 is 23.6 Å². The lowest BCUT2D eigenvalue weighted by Gasteiger charge is -2.29. The molecule has 2 heterocycles. The third-order valence-corrected chi connectivity index (χ3v) is 6.70. The third-order valence-electron chi connectivity index (χ3n) is 5.17. The average molecular weight is 393 g/mol. The maximum absolute atomic E-state index is 13.3. The molecular weight excluding hydrogens is 364 g/mol. The summed E-state index contributed by atoms with van der Waals surface area (Å²) in [5.41, 5.74) is 1.39. The zero-order chi connectivity index (χ0) is 19.9. The predicted molar refractivity (Wildman–Crippen MR) is 106 cm³/mol. The zero-order valence-electron chi connectivity index (χ0n) is 16.8. The van der Waals surface area contributed by atoms with Gasteiger partial charge in [0.05, 0.1) is 19.8 Å². The number of methoxy groups -OCH3 is 2. The first-order valence-electron chi connectivity index (χ1n) is 9.26. The molecule has 0 unspecified atom stereocenters. The summed E-state index contributed by atoms with van der Waals surface area (Å²) in [5.74, 6) is 1.20. The highest BCUT2D eigenvalue weighted by Crippen LogP contribution is 2.58. The van der Waals surface area contributed by atoms with Crippen molar-refractivity contribution in [2.45, 2.75) is 50.3 Å². The largest absolute Gasteiger partial charge is 0.493 e. The first-order valence-corrected chi connectivity index (χ1v) is 10.1. The Bertz CT molecular complexity index is 763. The molecule has 1 aromatic rings. The van der Waals surface area contributed by atoms with E-state index in [0.717, 1.165) is 12.0 Å². The SMILES string of the molecule is COc1ccc2c(c1OC)C(=O)N1[C@@H]2SC(C)(C)[C@H]1C(=O)NCCC(C)C. The molecule has 0 radical (unpaired) electrons. The van der Waals surface area contributed by atoms with Crippen molar-refractivity contribution in [3.63, 3.8) is 0 Å². The maximum atomic E-state index is 13.3. The van der Waals surface area contributed by atoms with E-state index in [1.165, 1.54) is 7.11 Å². The predicted octanol–water partition coefficient (Wildman–Crippen LogP) is 3.21. The second kappa shape index (κ2) is 7.26. The number of fused-ring (bicyclic) bond motifs is 3. The number of thioether (sulfide) groups is 1. The number of benzene rings is 1. The van der Waals surface area contributed by atoms with Gasteiger partial charge >= 0.3 is 0 Å². The van der Waals surface area contributed by atoms with Gasteiger partial charge in [-0.05, 0) is 32.3 Å². The van der Waals surface area contributed by atoms with Crippen LogP contribution < -0.4 is 14.8 Å². The summed E-state index contributed by atoms with van der Waals surface area (Å²) in [7, 11) is 3.08. The molecule has 1 N–H and O–H groups in total. The van der Waals surface area contributed by atoms with Crippen LogP contribution in [0, 0.1) is 5.92 Å². The Kier molecular flexibility index (Phi) is 5.34. The van der Waals surface area contributed by atoms with Crippen LogP contribution in [0.3, 0.4) is 0 Å².